The van der Waals surface area contributed by atoms with Gasteiger partial charge in [0.05, 0.1) is 11.0 Å². The maximum Gasteiger partial charge on any atom is 0.251 e. The Bertz CT molecular complexity index is 1150. The molecule has 0 fully saturated rings. The van der Waals surface area contributed by atoms with Crippen LogP contribution in [0.1, 0.15) is 46.6 Å². The van der Waals surface area contributed by atoms with E-state index in [2.05, 4.69) is 52.3 Å². The van der Waals surface area contributed by atoms with Gasteiger partial charge < -0.3 is 9.88 Å². The minimum absolute atomic E-state index is 0.0164. The number of rotatable bonds is 9. The smallest absolute Gasteiger partial charge is 0.251 e. The first kappa shape index (κ1) is 20.9. The summed E-state index contributed by atoms with van der Waals surface area (Å²) in [5.41, 5.74) is 5.30. The third-order valence-corrected chi connectivity index (χ3v) is 5.67. The lowest BCUT2D eigenvalue weighted by Crippen LogP contribution is -2.25. The lowest BCUT2D eigenvalue weighted by Gasteiger charge is -2.10. The van der Waals surface area contributed by atoms with Gasteiger partial charge in [0, 0.05) is 25.1 Å². The summed E-state index contributed by atoms with van der Waals surface area (Å²) in [6, 6.07) is 26.6. The quantitative estimate of drug-likeness (QED) is 0.368. The number of nitrogens with one attached hydrogen (secondary N) is 1. The first-order valence-corrected chi connectivity index (χ1v) is 11.0. The average Bonchev–Trinajstić information content (AvgIpc) is 3.14. The second-order valence-electron chi connectivity index (χ2n) is 7.97. The normalized spacial score (nSPS) is 11.0. The SMILES string of the molecule is Cc1ccccc1C(=O)NCCCCCc1nc2ccccc2n1Cc1ccccc1. The molecule has 1 N–H and O–H groups in total. The number of aryl methyl sites for hydroxylation is 2. The zero-order valence-electron chi connectivity index (χ0n) is 18.1. The molecule has 4 heteroatoms. The topological polar surface area (TPSA) is 46.9 Å². The van der Waals surface area contributed by atoms with Crippen LogP contribution in [0.15, 0.2) is 78.9 Å². The summed E-state index contributed by atoms with van der Waals surface area (Å²) in [4.78, 5) is 17.2. The van der Waals surface area contributed by atoms with Crippen molar-refractivity contribution in [1.82, 2.24) is 14.9 Å². The van der Waals surface area contributed by atoms with Crippen LogP contribution in [0.3, 0.4) is 0 Å². The third kappa shape index (κ3) is 5.21. The monoisotopic (exact) mass is 411 g/mol. The van der Waals surface area contributed by atoms with E-state index in [0.29, 0.717) is 6.54 Å². The second kappa shape index (κ2) is 10.1. The van der Waals surface area contributed by atoms with Crippen molar-refractivity contribution in [2.24, 2.45) is 0 Å². The van der Waals surface area contributed by atoms with Crippen LogP contribution in [0, 0.1) is 6.92 Å². The number of unbranched alkanes of at least 4 members (excludes halogenated alkanes) is 2. The summed E-state index contributed by atoms with van der Waals surface area (Å²) in [5.74, 6) is 1.15. The van der Waals surface area contributed by atoms with Crippen LogP contribution in [0.2, 0.25) is 0 Å². The lowest BCUT2D eigenvalue weighted by atomic mass is 10.1. The number of nitrogens with zero attached hydrogens (tertiary/aromatic N) is 2. The number of benzene rings is 3. The highest BCUT2D eigenvalue weighted by atomic mass is 16.1. The highest BCUT2D eigenvalue weighted by molar-refractivity contribution is 5.95. The number of hydrogen-bond donors (Lipinski definition) is 1. The van der Waals surface area contributed by atoms with E-state index in [-0.39, 0.29) is 5.91 Å². The summed E-state index contributed by atoms with van der Waals surface area (Å²) in [6.45, 7) is 3.51. The van der Waals surface area contributed by atoms with Gasteiger partial charge >= 0.3 is 0 Å². The van der Waals surface area contributed by atoms with E-state index in [0.717, 1.165) is 54.7 Å². The van der Waals surface area contributed by atoms with Gasteiger partial charge in [0.2, 0.25) is 0 Å². The number of hydrogen-bond acceptors (Lipinski definition) is 2. The van der Waals surface area contributed by atoms with Gasteiger partial charge in [-0.05, 0) is 49.1 Å². The van der Waals surface area contributed by atoms with Crippen molar-refractivity contribution in [3.8, 4) is 0 Å². The van der Waals surface area contributed by atoms with Crippen LogP contribution in [0.25, 0.3) is 11.0 Å². The first-order chi connectivity index (χ1) is 15.2. The van der Waals surface area contributed by atoms with Crippen molar-refractivity contribution in [3.63, 3.8) is 0 Å². The van der Waals surface area contributed by atoms with Crippen LogP contribution < -0.4 is 5.32 Å². The molecule has 158 valence electrons. The molecule has 0 aliphatic carbocycles. The maximum atomic E-state index is 12.3. The molecule has 4 nitrogen and oxygen atoms in total. The number of imidazole rings is 1. The fourth-order valence-electron chi connectivity index (χ4n) is 3.97. The Morgan fingerprint density at radius 3 is 2.45 bits per heavy atom. The lowest BCUT2D eigenvalue weighted by molar-refractivity contribution is 0.0952. The molecule has 0 unspecified atom stereocenters. The highest BCUT2D eigenvalue weighted by Gasteiger charge is 2.11. The Morgan fingerprint density at radius 2 is 1.61 bits per heavy atom. The van der Waals surface area contributed by atoms with Gasteiger partial charge in [0.25, 0.3) is 5.91 Å². The maximum absolute atomic E-state index is 12.3. The molecular formula is C27H29N3O. The van der Waals surface area contributed by atoms with E-state index < -0.39 is 0 Å². The average molecular weight is 412 g/mol. The zero-order chi connectivity index (χ0) is 21.5. The number of aromatic nitrogens is 2. The molecule has 4 rings (SSSR count). The molecule has 1 aromatic heterocycles. The predicted octanol–water partition coefficient (Wildman–Crippen LogP) is 5.54. The predicted molar refractivity (Wildman–Crippen MR) is 126 cm³/mol. The zero-order valence-corrected chi connectivity index (χ0v) is 18.1. The van der Waals surface area contributed by atoms with Crippen LogP contribution >= 0.6 is 0 Å². The fraction of sp³-hybridized carbons (Fsp3) is 0.259. The molecule has 0 aliphatic heterocycles. The summed E-state index contributed by atoms with van der Waals surface area (Å²) < 4.78 is 2.34. The van der Waals surface area contributed by atoms with Gasteiger partial charge in [-0.2, -0.15) is 0 Å². The summed E-state index contributed by atoms with van der Waals surface area (Å²) in [5, 5.41) is 3.04. The van der Waals surface area contributed by atoms with Crippen molar-refractivity contribution in [1.29, 1.82) is 0 Å². The first-order valence-electron chi connectivity index (χ1n) is 11.0. The van der Waals surface area contributed by atoms with Gasteiger partial charge in [-0.1, -0.05) is 67.1 Å². The van der Waals surface area contributed by atoms with Crippen molar-refractivity contribution >= 4 is 16.9 Å². The van der Waals surface area contributed by atoms with Crippen molar-refractivity contribution in [2.45, 2.75) is 39.2 Å². The van der Waals surface area contributed by atoms with E-state index in [1.807, 2.05) is 43.3 Å². The van der Waals surface area contributed by atoms with E-state index in [4.69, 9.17) is 4.98 Å². The van der Waals surface area contributed by atoms with Gasteiger partial charge in [0.15, 0.2) is 0 Å². The molecule has 0 bridgehead atoms. The Hall–Kier alpha value is -3.40. The Balaban J connectivity index is 1.31. The van der Waals surface area contributed by atoms with Gasteiger partial charge in [-0.3, -0.25) is 4.79 Å². The van der Waals surface area contributed by atoms with Crippen LogP contribution in [0.4, 0.5) is 0 Å². The van der Waals surface area contributed by atoms with E-state index in [1.54, 1.807) is 0 Å². The fourth-order valence-corrected chi connectivity index (χ4v) is 3.97. The minimum Gasteiger partial charge on any atom is -0.352 e. The molecule has 1 heterocycles. The Morgan fingerprint density at radius 1 is 0.871 bits per heavy atom. The molecule has 1 amide bonds. The largest absolute Gasteiger partial charge is 0.352 e. The van der Waals surface area contributed by atoms with Gasteiger partial charge in [0.1, 0.15) is 5.82 Å². The van der Waals surface area contributed by atoms with Gasteiger partial charge in [-0.15, -0.1) is 0 Å². The molecule has 31 heavy (non-hydrogen) atoms. The Kier molecular flexibility index (Phi) is 6.78. The summed E-state index contributed by atoms with van der Waals surface area (Å²) >= 11 is 0. The number of carbonyl (C=O) groups is 1. The minimum atomic E-state index is 0.0164. The number of amides is 1. The molecule has 0 radical (unpaired) electrons. The second-order valence-corrected chi connectivity index (χ2v) is 7.97. The van der Waals surface area contributed by atoms with Crippen molar-refractivity contribution in [2.75, 3.05) is 6.54 Å². The van der Waals surface area contributed by atoms with Crippen LogP contribution in [-0.4, -0.2) is 22.0 Å². The molecule has 0 atom stereocenters. The van der Waals surface area contributed by atoms with Gasteiger partial charge in [-0.25, -0.2) is 4.98 Å². The van der Waals surface area contributed by atoms with Crippen LogP contribution in [-0.2, 0) is 13.0 Å². The number of fused-ring (bicyclic) bond motifs is 1. The molecule has 0 spiro atoms. The van der Waals surface area contributed by atoms with E-state index >= 15 is 0 Å². The molecule has 0 saturated heterocycles. The van der Waals surface area contributed by atoms with Crippen molar-refractivity contribution in [3.05, 3.63) is 101 Å². The van der Waals surface area contributed by atoms with Crippen molar-refractivity contribution < 1.29 is 4.79 Å². The molecule has 0 saturated carbocycles. The Labute approximate surface area is 183 Å². The number of para-hydroxylation sites is 2. The van der Waals surface area contributed by atoms with Crippen LogP contribution in [0.5, 0.6) is 0 Å². The van der Waals surface area contributed by atoms with E-state index in [1.165, 1.54) is 11.1 Å². The molecule has 3 aromatic carbocycles. The number of carbonyl (C=O) groups excluding carboxylic acids is 1. The standard InChI is InChI=1S/C27H29N3O/c1-21-12-7-8-15-23(21)27(31)28-19-11-3-6-18-26-29-24-16-9-10-17-25(24)30(26)20-22-13-4-2-5-14-22/h2,4-5,7-10,12-17H,3,6,11,18-20H2,1H3,(H,28,31). The summed E-state index contributed by atoms with van der Waals surface area (Å²) in [7, 11) is 0. The highest BCUT2D eigenvalue weighted by Crippen LogP contribution is 2.19. The van der Waals surface area contributed by atoms with E-state index in [9.17, 15) is 4.79 Å². The third-order valence-electron chi connectivity index (χ3n) is 5.67. The molecule has 4 aromatic rings. The molecular weight excluding hydrogens is 382 g/mol. The summed E-state index contributed by atoms with van der Waals surface area (Å²) in [6.07, 6.45) is 4.02. The molecule has 0 aliphatic rings.